The lowest BCUT2D eigenvalue weighted by molar-refractivity contribution is 0.101. The largest absolute Gasteiger partial charge is 0.306 e. The summed E-state index contributed by atoms with van der Waals surface area (Å²) in [4.78, 5) is 34.5. The summed E-state index contributed by atoms with van der Waals surface area (Å²) < 4.78 is 0. The molecular weight excluding hydrogens is 376 g/mol. The molecule has 1 aliphatic carbocycles. The zero-order chi connectivity index (χ0) is 21.1. The van der Waals surface area contributed by atoms with E-state index in [1.165, 1.54) is 0 Å². The Morgan fingerprint density at radius 3 is 2.03 bits per heavy atom. The number of fused-ring (bicyclic) bond motifs is 1. The fourth-order valence-corrected chi connectivity index (χ4v) is 3.68. The van der Waals surface area contributed by atoms with Gasteiger partial charge in [0.05, 0.1) is 5.69 Å². The summed E-state index contributed by atoms with van der Waals surface area (Å²) in [5.74, 6) is 0.194. The van der Waals surface area contributed by atoms with Gasteiger partial charge in [-0.15, -0.1) is 0 Å². The van der Waals surface area contributed by atoms with Crippen LogP contribution in [0.4, 0.5) is 11.8 Å². The number of carbonyl (C=O) groups excluding carboxylic acids is 2. The van der Waals surface area contributed by atoms with Gasteiger partial charge >= 0.3 is 0 Å². The van der Waals surface area contributed by atoms with E-state index in [-0.39, 0.29) is 17.8 Å². The number of aromatic nitrogens is 2. The number of hydrogen-bond acceptors (Lipinski definition) is 4. The van der Waals surface area contributed by atoms with Gasteiger partial charge in [-0.1, -0.05) is 35.4 Å². The summed E-state index contributed by atoms with van der Waals surface area (Å²) in [5, 5.41) is 5.72. The van der Waals surface area contributed by atoms with E-state index in [9.17, 15) is 9.59 Å². The Morgan fingerprint density at radius 2 is 1.40 bits per heavy atom. The lowest BCUT2D eigenvalue weighted by Crippen LogP contribution is -2.21. The highest BCUT2D eigenvalue weighted by Gasteiger charge is 2.21. The second-order valence-electron chi connectivity index (χ2n) is 7.68. The van der Waals surface area contributed by atoms with Crippen molar-refractivity contribution in [3.63, 3.8) is 0 Å². The summed E-state index contributed by atoms with van der Waals surface area (Å²) in [6.07, 6.45) is 3.67. The number of rotatable bonds is 4. The first-order valence-corrected chi connectivity index (χ1v) is 10.2. The predicted molar refractivity (Wildman–Crippen MR) is 117 cm³/mol. The van der Waals surface area contributed by atoms with Crippen LogP contribution in [-0.4, -0.2) is 21.8 Å². The van der Waals surface area contributed by atoms with Gasteiger partial charge < -0.3 is 5.32 Å². The van der Waals surface area contributed by atoms with Crippen LogP contribution in [0.15, 0.2) is 48.5 Å². The molecule has 4 rings (SSSR count). The van der Waals surface area contributed by atoms with Crippen LogP contribution in [0.1, 0.15) is 55.9 Å². The molecule has 6 heteroatoms. The molecule has 2 N–H and O–H groups in total. The van der Waals surface area contributed by atoms with E-state index in [0.29, 0.717) is 16.9 Å². The summed E-state index contributed by atoms with van der Waals surface area (Å²) in [5.41, 5.74) is 4.97. The van der Waals surface area contributed by atoms with Crippen molar-refractivity contribution in [2.45, 2.75) is 39.5 Å². The van der Waals surface area contributed by atoms with E-state index in [1.54, 1.807) is 12.1 Å². The Hall–Kier alpha value is -3.54. The molecule has 6 nitrogen and oxygen atoms in total. The molecule has 0 spiro atoms. The van der Waals surface area contributed by atoms with Crippen LogP contribution in [-0.2, 0) is 12.8 Å². The van der Waals surface area contributed by atoms with Gasteiger partial charge in [0.2, 0.25) is 5.95 Å². The van der Waals surface area contributed by atoms with E-state index in [2.05, 4.69) is 20.6 Å². The van der Waals surface area contributed by atoms with Gasteiger partial charge in [0.15, 0.2) is 0 Å². The van der Waals surface area contributed by atoms with Gasteiger partial charge in [0.25, 0.3) is 11.8 Å². The summed E-state index contributed by atoms with van der Waals surface area (Å²) in [6, 6.07) is 14.8. The smallest absolute Gasteiger partial charge is 0.258 e. The lowest BCUT2D eigenvalue weighted by Gasteiger charge is -2.19. The maximum absolute atomic E-state index is 12.8. The first-order valence-electron chi connectivity index (χ1n) is 10.2. The number of benzene rings is 2. The Labute approximate surface area is 175 Å². The van der Waals surface area contributed by atoms with Crippen LogP contribution in [0.25, 0.3) is 0 Å². The van der Waals surface area contributed by atoms with Crippen molar-refractivity contribution in [2.24, 2.45) is 0 Å². The minimum Gasteiger partial charge on any atom is -0.306 e. The van der Waals surface area contributed by atoms with Crippen LogP contribution < -0.4 is 10.6 Å². The van der Waals surface area contributed by atoms with Crippen molar-refractivity contribution >= 4 is 23.6 Å². The quantitative estimate of drug-likeness (QED) is 0.676. The fourth-order valence-electron chi connectivity index (χ4n) is 3.68. The van der Waals surface area contributed by atoms with E-state index in [0.717, 1.165) is 48.1 Å². The first-order chi connectivity index (χ1) is 14.5. The SMILES string of the molecule is Cc1cccc(C(=O)Nc2nc3c(c(NC(=O)c4cccc(C)c4)n2)CCCC3)c1. The van der Waals surface area contributed by atoms with Gasteiger partial charge in [-0.3, -0.25) is 14.9 Å². The number of amides is 2. The number of hydrogen-bond donors (Lipinski definition) is 2. The number of nitrogens with zero attached hydrogens (tertiary/aromatic N) is 2. The molecule has 0 radical (unpaired) electrons. The van der Waals surface area contributed by atoms with Crippen molar-refractivity contribution in [1.29, 1.82) is 0 Å². The predicted octanol–water partition coefficient (Wildman–Crippen LogP) is 4.48. The molecule has 3 aromatic rings. The average molecular weight is 400 g/mol. The highest BCUT2D eigenvalue weighted by molar-refractivity contribution is 6.05. The minimum absolute atomic E-state index is 0.210. The monoisotopic (exact) mass is 400 g/mol. The molecule has 0 unspecified atom stereocenters. The van der Waals surface area contributed by atoms with Gasteiger partial charge in [0, 0.05) is 16.7 Å². The molecule has 152 valence electrons. The molecule has 0 atom stereocenters. The van der Waals surface area contributed by atoms with Crippen molar-refractivity contribution in [2.75, 3.05) is 10.6 Å². The summed E-state index contributed by atoms with van der Waals surface area (Å²) >= 11 is 0. The van der Waals surface area contributed by atoms with Crippen LogP contribution in [0.5, 0.6) is 0 Å². The third-order valence-electron chi connectivity index (χ3n) is 5.20. The van der Waals surface area contributed by atoms with Gasteiger partial charge in [0.1, 0.15) is 5.82 Å². The molecule has 0 fully saturated rings. The summed E-state index contributed by atoms with van der Waals surface area (Å²) in [7, 11) is 0. The van der Waals surface area contributed by atoms with Crippen molar-refractivity contribution in [1.82, 2.24) is 9.97 Å². The first kappa shape index (κ1) is 19.8. The molecule has 2 amide bonds. The van der Waals surface area contributed by atoms with Crippen molar-refractivity contribution in [3.8, 4) is 0 Å². The standard InChI is InChI=1S/C24H24N4O2/c1-15-7-5-9-17(13-15)22(29)26-21-19-11-3-4-12-20(19)25-24(27-21)28-23(30)18-10-6-8-16(2)14-18/h5-10,13-14H,3-4,11-12H2,1-2H3,(H2,25,26,27,28,29,30). The second-order valence-corrected chi connectivity index (χ2v) is 7.68. The zero-order valence-corrected chi connectivity index (χ0v) is 17.2. The Bertz CT molecular complexity index is 1120. The van der Waals surface area contributed by atoms with Crippen LogP contribution in [0, 0.1) is 13.8 Å². The molecule has 0 bridgehead atoms. The average Bonchev–Trinajstić information content (AvgIpc) is 2.73. The van der Waals surface area contributed by atoms with Crippen LogP contribution in [0.3, 0.4) is 0 Å². The zero-order valence-electron chi connectivity index (χ0n) is 17.2. The second kappa shape index (κ2) is 8.45. The molecule has 1 aromatic heterocycles. The number of carbonyl (C=O) groups is 2. The summed E-state index contributed by atoms with van der Waals surface area (Å²) in [6.45, 7) is 3.88. The maximum Gasteiger partial charge on any atom is 0.258 e. The highest BCUT2D eigenvalue weighted by Crippen LogP contribution is 2.27. The van der Waals surface area contributed by atoms with E-state index < -0.39 is 0 Å². The topological polar surface area (TPSA) is 84.0 Å². The molecule has 1 heterocycles. The number of nitrogens with one attached hydrogen (secondary N) is 2. The lowest BCUT2D eigenvalue weighted by atomic mass is 9.96. The van der Waals surface area contributed by atoms with Gasteiger partial charge in [-0.05, 0) is 63.8 Å². The Balaban J connectivity index is 1.63. The van der Waals surface area contributed by atoms with E-state index >= 15 is 0 Å². The molecule has 0 aliphatic heterocycles. The van der Waals surface area contributed by atoms with Gasteiger partial charge in [-0.25, -0.2) is 4.98 Å². The molecular formula is C24H24N4O2. The van der Waals surface area contributed by atoms with Crippen LogP contribution >= 0.6 is 0 Å². The molecule has 0 saturated carbocycles. The van der Waals surface area contributed by atoms with Crippen LogP contribution in [0.2, 0.25) is 0 Å². The normalized spacial score (nSPS) is 12.7. The molecule has 0 saturated heterocycles. The Kier molecular flexibility index (Phi) is 5.57. The van der Waals surface area contributed by atoms with Crippen molar-refractivity contribution in [3.05, 3.63) is 82.0 Å². The minimum atomic E-state index is -0.273. The van der Waals surface area contributed by atoms with Gasteiger partial charge in [-0.2, -0.15) is 4.98 Å². The van der Waals surface area contributed by atoms with E-state index in [1.807, 2.05) is 50.2 Å². The third-order valence-corrected chi connectivity index (χ3v) is 5.20. The fraction of sp³-hybridized carbons (Fsp3) is 0.250. The Morgan fingerprint density at radius 1 is 0.800 bits per heavy atom. The highest BCUT2D eigenvalue weighted by atomic mass is 16.2. The third kappa shape index (κ3) is 4.38. The van der Waals surface area contributed by atoms with E-state index in [4.69, 9.17) is 0 Å². The molecule has 1 aliphatic rings. The number of aryl methyl sites for hydroxylation is 3. The number of anilines is 2. The van der Waals surface area contributed by atoms with Crippen molar-refractivity contribution < 1.29 is 9.59 Å². The molecule has 2 aromatic carbocycles. The maximum atomic E-state index is 12.8. The molecule has 30 heavy (non-hydrogen) atoms.